The molecule has 0 spiro atoms. The van der Waals surface area contributed by atoms with Gasteiger partial charge in [-0.05, 0) is 120 Å². The number of aliphatic hydroxyl groups is 2. The Labute approximate surface area is 207 Å². The van der Waals surface area contributed by atoms with Gasteiger partial charge in [0, 0.05) is 0 Å². The van der Waals surface area contributed by atoms with Gasteiger partial charge in [-0.15, -0.1) is 0 Å². The normalized spacial score (nSPS) is 51.3. The molecule has 3 saturated carbocycles. The molecule has 2 aliphatic heterocycles. The predicted octanol–water partition coefficient (Wildman–Crippen LogP) is 6.33. The number of fused-ring (bicyclic) bond motifs is 4. The van der Waals surface area contributed by atoms with E-state index in [1.54, 1.807) is 11.1 Å². The largest absolute Gasteiger partial charge is 0.390 e. The van der Waals surface area contributed by atoms with Gasteiger partial charge in [0.2, 0.25) is 0 Å². The summed E-state index contributed by atoms with van der Waals surface area (Å²) in [5.41, 5.74) is 2.87. The highest BCUT2D eigenvalue weighted by Gasteiger charge is 2.60. The summed E-state index contributed by atoms with van der Waals surface area (Å²) >= 11 is 0. The molecule has 0 aromatic rings. The second kappa shape index (κ2) is 8.04. The van der Waals surface area contributed by atoms with E-state index in [2.05, 4.69) is 34.6 Å². The molecule has 3 aliphatic carbocycles. The second-order valence-electron chi connectivity index (χ2n) is 14.6. The molecule has 2 heterocycles. The van der Waals surface area contributed by atoms with Gasteiger partial charge in [0.05, 0.1) is 35.6 Å². The first-order valence-corrected chi connectivity index (χ1v) is 14.1. The molecular formula is C30H50O4. The fourth-order valence-corrected chi connectivity index (χ4v) is 9.15. The van der Waals surface area contributed by atoms with Crippen molar-refractivity contribution in [3.05, 3.63) is 11.1 Å². The van der Waals surface area contributed by atoms with Gasteiger partial charge >= 0.3 is 0 Å². The van der Waals surface area contributed by atoms with Crippen molar-refractivity contribution in [3.8, 4) is 0 Å². The third kappa shape index (κ3) is 3.85. The van der Waals surface area contributed by atoms with Crippen molar-refractivity contribution in [2.24, 2.45) is 22.2 Å². The first kappa shape index (κ1) is 25.2. The van der Waals surface area contributed by atoms with E-state index >= 15 is 0 Å². The molecule has 194 valence electrons. The van der Waals surface area contributed by atoms with Crippen LogP contribution >= 0.6 is 0 Å². The van der Waals surface area contributed by atoms with Crippen LogP contribution in [0.5, 0.6) is 0 Å². The van der Waals surface area contributed by atoms with Crippen LogP contribution in [0.4, 0.5) is 0 Å². The molecule has 0 aromatic carbocycles. The molecule has 2 saturated heterocycles. The monoisotopic (exact) mass is 474 g/mol. The number of aliphatic hydroxyl groups excluding tert-OH is 1. The summed E-state index contributed by atoms with van der Waals surface area (Å²) in [6.45, 7) is 15.4. The zero-order valence-corrected chi connectivity index (χ0v) is 22.9. The van der Waals surface area contributed by atoms with Gasteiger partial charge in [0.15, 0.2) is 0 Å². The molecule has 0 radical (unpaired) electrons. The molecule has 5 fully saturated rings. The van der Waals surface area contributed by atoms with Gasteiger partial charge in [-0.25, -0.2) is 0 Å². The smallest absolute Gasteiger partial charge is 0.0888 e. The van der Waals surface area contributed by atoms with Gasteiger partial charge in [-0.3, -0.25) is 0 Å². The van der Waals surface area contributed by atoms with Gasteiger partial charge in [0.25, 0.3) is 0 Å². The number of ether oxygens (including phenoxy) is 2. The summed E-state index contributed by atoms with van der Waals surface area (Å²) in [6, 6.07) is 0. The molecule has 0 bridgehead atoms. The van der Waals surface area contributed by atoms with E-state index in [1.165, 1.54) is 19.3 Å². The molecule has 34 heavy (non-hydrogen) atoms. The van der Waals surface area contributed by atoms with E-state index < -0.39 is 11.2 Å². The standard InChI is InChI=1S/C30H50O4/c1-26(2,32)23-13-15-28(5)18-19(8-11-24(28)33-23)20-9-10-21-29(20,6)17-14-25-30(21,7)16-12-22(31)27(3,4)34-25/h21-25,31-32H,8-18H2,1-7H3/b20-19+/t21-,22-,23+,24-,25-,28-,29+,30-/m0/s1. The van der Waals surface area contributed by atoms with Crippen molar-refractivity contribution in [3.63, 3.8) is 0 Å². The van der Waals surface area contributed by atoms with Crippen LogP contribution in [0.25, 0.3) is 0 Å². The lowest BCUT2D eigenvalue weighted by Gasteiger charge is -2.55. The first-order valence-electron chi connectivity index (χ1n) is 14.1. The fraction of sp³-hybridized carbons (Fsp3) is 0.933. The summed E-state index contributed by atoms with van der Waals surface area (Å²) in [6.07, 6.45) is 12.3. The van der Waals surface area contributed by atoms with Crippen LogP contribution in [-0.2, 0) is 9.47 Å². The number of rotatable bonds is 1. The highest BCUT2D eigenvalue weighted by atomic mass is 16.5. The zero-order chi connectivity index (χ0) is 24.7. The average Bonchev–Trinajstić information content (AvgIpc) is 3.06. The quantitative estimate of drug-likeness (QED) is 0.436. The fourth-order valence-electron chi connectivity index (χ4n) is 9.15. The van der Waals surface area contributed by atoms with E-state index in [0.29, 0.717) is 5.92 Å². The molecule has 0 aromatic heterocycles. The number of hydrogen-bond acceptors (Lipinski definition) is 4. The van der Waals surface area contributed by atoms with Crippen molar-refractivity contribution in [2.45, 2.75) is 155 Å². The SMILES string of the molecule is CC(C)(O)[C@H]1CC[C@@]2(C)C/C(=C3\CC[C@@H]4[C@]5(C)CC[C@H](O)C(C)(C)O[C@H]5CC[C@]34C)CC[C@@H]2O1. The van der Waals surface area contributed by atoms with Gasteiger partial charge < -0.3 is 19.7 Å². The van der Waals surface area contributed by atoms with Crippen LogP contribution in [-0.4, -0.2) is 45.8 Å². The molecule has 4 nitrogen and oxygen atoms in total. The maximum Gasteiger partial charge on any atom is 0.0888 e. The minimum atomic E-state index is -0.761. The lowest BCUT2D eigenvalue weighted by molar-refractivity contribution is -0.190. The summed E-state index contributed by atoms with van der Waals surface area (Å²) in [5, 5.41) is 21.3. The highest BCUT2D eigenvalue weighted by molar-refractivity contribution is 5.32. The molecular weight excluding hydrogens is 424 g/mol. The van der Waals surface area contributed by atoms with E-state index in [0.717, 1.165) is 51.4 Å². The molecule has 4 heteroatoms. The summed E-state index contributed by atoms with van der Waals surface area (Å²) in [5.74, 6) is 0.634. The third-order valence-corrected chi connectivity index (χ3v) is 11.4. The lowest BCUT2D eigenvalue weighted by Crippen LogP contribution is -2.52. The van der Waals surface area contributed by atoms with Crippen LogP contribution in [0.1, 0.15) is 119 Å². The summed E-state index contributed by atoms with van der Waals surface area (Å²) in [4.78, 5) is 0. The molecule has 8 atom stereocenters. The van der Waals surface area contributed by atoms with Crippen molar-refractivity contribution >= 4 is 0 Å². The van der Waals surface area contributed by atoms with Gasteiger partial charge in [-0.2, -0.15) is 0 Å². The molecule has 5 rings (SSSR count). The summed E-state index contributed by atoms with van der Waals surface area (Å²) < 4.78 is 13.2. The van der Waals surface area contributed by atoms with Crippen LogP contribution in [0.2, 0.25) is 0 Å². The Balaban J connectivity index is 1.40. The van der Waals surface area contributed by atoms with Crippen LogP contribution in [0.3, 0.4) is 0 Å². The van der Waals surface area contributed by atoms with Gasteiger partial charge in [0.1, 0.15) is 0 Å². The number of allylic oxidation sites excluding steroid dienone is 2. The Bertz CT molecular complexity index is 839. The van der Waals surface area contributed by atoms with Crippen molar-refractivity contribution in [1.29, 1.82) is 0 Å². The van der Waals surface area contributed by atoms with E-state index in [1.807, 2.05) is 13.8 Å². The van der Waals surface area contributed by atoms with E-state index in [9.17, 15) is 10.2 Å². The van der Waals surface area contributed by atoms with Crippen molar-refractivity contribution in [1.82, 2.24) is 0 Å². The maximum absolute atomic E-state index is 10.8. The second-order valence-corrected chi connectivity index (χ2v) is 14.6. The van der Waals surface area contributed by atoms with Gasteiger partial charge in [-0.1, -0.05) is 31.9 Å². The van der Waals surface area contributed by atoms with Crippen molar-refractivity contribution < 1.29 is 19.7 Å². The zero-order valence-electron chi connectivity index (χ0n) is 22.9. The molecule has 0 unspecified atom stereocenters. The Morgan fingerprint density at radius 1 is 0.853 bits per heavy atom. The minimum Gasteiger partial charge on any atom is -0.390 e. The van der Waals surface area contributed by atoms with Crippen molar-refractivity contribution in [2.75, 3.05) is 0 Å². The molecule has 0 amide bonds. The van der Waals surface area contributed by atoms with Crippen LogP contribution in [0.15, 0.2) is 11.1 Å². The van der Waals surface area contributed by atoms with Crippen LogP contribution < -0.4 is 0 Å². The summed E-state index contributed by atoms with van der Waals surface area (Å²) in [7, 11) is 0. The number of hydrogen-bond donors (Lipinski definition) is 2. The predicted molar refractivity (Wildman–Crippen MR) is 136 cm³/mol. The lowest BCUT2D eigenvalue weighted by atomic mass is 9.53. The minimum absolute atomic E-state index is 0.0433. The average molecular weight is 475 g/mol. The van der Waals surface area contributed by atoms with E-state index in [-0.39, 0.29) is 40.7 Å². The third-order valence-electron chi connectivity index (χ3n) is 11.4. The van der Waals surface area contributed by atoms with Crippen LogP contribution in [0, 0.1) is 22.2 Å². The Morgan fingerprint density at radius 3 is 2.29 bits per heavy atom. The Hall–Kier alpha value is -0.420. The highest BCUT2D eigenvalue weighted by Crippen LogP contribution is 2.66. The topological polar surface area (TPSA) is 58.9 Å². The molecule has 2 N–H and O–H groups in total. The Kier molecular flexibility index (Phi) is 5.97. The maximum atomic E-state index is 10.8. The molecule has 5 aliphatic rings. The first-order chi connectivity index (χ1) is 15.7. The Morgan fingerprint density at radius 2 is 1.59 bits per heavy atom. The van der Waals surface area contributed by atoms with E-state index in [4.69, 9.17) is 9.47 Å².